The summed E-state index contributed by atoms with van der Waals surface area (Å²) in [5, 5.41) is 0.635. The first kappa shape index (κ1) is 24.4. The van der Waals surface area contributed by atoms with Gasteiger partial charge < -0.3 is 24.0 Å². The largest absolute Gasteiger partial charge is 0.496 e. The Morgan fingerprint density at radius 2 is 1.76 bits per heavy atom. The molecular weight excluding hydrogens is 456 g/mol. The van der Waals surface area contributed by atoms with Crippen molar-refractivity contribution < 1.29 is 23.8 Å². The van der Waals surface area contributed by atoms with Crippen molar-refractivity contribution in [3.05, 3.63) is 59.1 Å². The number of methoxy groups -OCH3 is 1. The number of ether oxygens (including phenoxy) is 3. The zero-order chi connectivity index (χ0) is 24.0. The average Bonchev–Trinajstić information content (AvgIpc) is 2.88. The molecule has 2 aliphatic rings. The van der Waals surface area contributed by atoms with E-state index in [1.165, 1.54) is 0 Å². The fourth-order valence-electron chi connectivity index (χ4n) is 4.70. The molecule has 0 bridgehead atoms. The predicted octanol–water partition coefficient (Wildman–Crippen LogP) is 3.90. The summed E-state index contributed by atoms with van der Waals surface area (Å²) in [4.78, 5) is 30.4. The highest BCUT2D eigenvalue weighted by Gasteiger charge is 2.41. The van der Waals surface area contributed by atoms with Crippen LogP contribution in [0.1, 0.15) is 29.6 Å². The maximum absolute atomic E-state index is 13.4. The zero-order valence-electron chi connectivity index (χ0n) is 19.5. The van der Waals surface area contributed by atoms with E-state index < -0.39 is 5.41 Å². The molecule has 0 aliphatic carbocycles. The Balaban J connectivity index is 1.54. The smallest absolute Gasteiger partial charge is 0.257 e. The summed E-state index contributed by atoms with van der Waals surface area (Å²) in [5.74, 6) is 1.22. The summed E-state index contributed by atoms with van der Waals surface area (Å²) in [6.07, 6.45) is 1.91. The number of morpholine rings is 1. The molecule has 0 aromatic heterocycles. The first-order valence-corrected chi connectivity index (χ1v) is 12.0. The van der Waals surface area contributed by atoms with Gasteiger partial charge in [0.15, 0.2) is 0 Å². The molecule has 0 spiro atoms. The number of amides is 2. The van der Waals surface area contributed by atoms with Gasteiger partial charge in [-0.15, -0.1) is 0 Å². The van der Waals surface area contributed by atoms with E-state index in [1.54, 1.807) is 31.4 Å². The number of halogens is 1. The van der Waals surface area contributed by atoms with Crippen molar-refractivity contribution in [3.63, 3.8) is 0 Å². The van der Waals surface area contributed by atoms with E-state index in [4.69, 9.17) is 25.8 Å². The minimum atomic E-state index is -0.495. The van der Waals surface area contributed by atoms with Crippen LogP contribution in [0.4, 0.5) is 0 Å². The molecule has 2 saturated heterocycles. The second kappa shape index (κ2) is 11.1. The molecule has 2 aromatic carbocycles. The van der Waals surface area contributed by atoms with Crippen LogP contribution in [0, 0.1) is 5.41 Å². The van der Waals surface area contributed by atoms with E-state index in [9.17, 15) is 9.59 Å². The number of likely N-dealkylation sites (tertiary alicyclic amines) is 1. The van der Waals surface area contributed by atoms with Crippen LogP contribution in [-0.4, -0.2) is 74.7 Å². The quantitative estimate of drug-likeness (QED) is 0.593. The maximum atomic E-state index is 13.4. The molecule has 8 heteroatoms. The molecule has 7 nitrogen and oxygen atoms in total. The molecule has 2 amide bonds. The van der Waals surface area contributed by atoms with Crippen LogP contribution in [0.3, 0.4) is 0 Å². The van der Waals surface area contributed by atoms with Gasteiger partial charge in [-0.1, -0.05) is 23.7 Å². The van der Waals surface area contributed by atoms with E-state index >= 15 is 0 Å². The summed E-state index contributed by atoms with van der Waals surface area (Å²) in [7, 11) is 1.56. The lowest BCUT2D eigenvalue weighted by Gasteiger charge is -2.43. The third kappa shape index (κ3) is 5.83. The molecule has 2 fully saturated rings. The Morgan fingerprint density at radius 3 is 2.50 bits per heavy atom. The summed E-state index contributed by atoms with van der Waals surface area (Å²) < 4.78 is 17.0. The summed E-state index contributed by atoms with van der Waals surface area (Å²) >= 11 is 6.01. The van der Waals surface area contributed by atoms with Crippen molar-refractivity contribution in [3.8, 4) is 11.5 Å². The maximum Gasteiger partial charge on any atom is 0.257 e. The first-order valence-electron chi connectivity index (χ1n) is 11.7. The van der Waals surface area contributed by atoms with Crippen molar-refractivity contribution >= 4 is 23.4 Å². The lowest BCUT2D eigenvalue weighted by Crippen LogP contribution is -2.52. The third-order valence-electron chi connectivity index (χ3n) is 6.53. The number of carbonyl (C=O) groups is 2. The third-order valence-corrected chi connectivity index (χ3v) is 6.79. The standard InChI is InChI=1S/C26H31ClN2O5/c1-32-23-6-3-2-5-22(23)25(31)29-12-4-11-26(18-29,17-24(30)28-13-15-33-16-14-28)19-34-21-9-7-20(27)8-10-21/h2-3,5-10H,4,11-19H2,1H3. The molecule has 2 heterocycles. The molecule has 182 valence electrons. The summed E-state index contributed by atoms with van der Waals surface area (Å²) in [5.41, 5.74) is 0.0317. The van der Waals surface area contributed by atoms with Crippen LogP contribution in [0.25, 0.3) is 0 Å². The summed E-state index contributed by atoms with van der Waals surface area (Å²) in [6.45, 7) is 3.70. The van der Waals surface area contributed by atoms with Gasteiger partial charge in [-0.25, -0.2) is 0 Å². The number of para-hydroxylation sites is 1. The molecule has 2 aliphatic heterocycles. The Hall–Kier alpha value is -2.77. The van der Waals surface area contributed by atoms with Gasteiger partial charge in [-0.05, 0) is 49.2 Å². The second-order valence-electron chi connectivity index (χ2n) is 8.94. The normalized spacial score (nSPS) is 20.6. The van der Waals surface area contributed by atoms with Crippen LogP contribution in [0.5, 0.6) is 11.5 Å². The minimum absolute atomic E-state index is 0.0783. The molecule has 2 aromatic rings. The van der Waals surface area contributed by atoms with Crippen LogP contribution < -0.4 is 9.47 Å². The highest BCUT2D eigenvalue weighted by Crippen LogP contribution is 2.36. The van der Waals surface area contributed by atoms with Gasteiger partial charge in [0.25, 0.3) is 5.91 Å². The Labute approximate surface area is 205 Å². The number of hydrogen-bond donors (Lipinski definition) is 0. The van der Waals surface area contributed by atoms with E-state index in [0.717, 1.165) is 12.8 Å². The number of nitrogens with zero attached hydrogens (tertiary/aromatic N) is 2. The molecule has 34 heavy (non-hydrogen) atoms. The minimum Gasteiger partial charge on any atom is -0.496 e. The zero-order valence-corrected chi connectivity index (χ0v) is 20.3. The van der Waals surface area contributed by atoms with E-state index in [-0.39, 0.29) is 11.8 Å². The number of benzene rings is 2. The average molecular weight is 487 g/mol. The van der Waals surface area contributed by atoms with Crippen LogP contribution in [0.2, 0.25) is 5.02 Å². The SMILES string of the molecule is COc1ccccc1C(=O)N1CCCC(COc2ccc(Cl)cc2)(CC(=O)N2CCOCC2)C1. The molecule has 0 N–H and O–H groups in total. The van der Waals surface area contributed by atoms with Crippen LogP contribution in [0.15, 0.2) is 48.5 Å². The van der Waals surface area contributed by atoms with Crippen molar-refractivity contribution in [2.45, 2.75) is 19.3 Å². The predicted molar refractivity (Wildman–Crippen MR) is 130 cm³/mol. The topological polar surface area (TPSA) is 68.3 Å². The molecule has 4 rings (SSSR count). The van der Waals surface area contributed by atoms with E-state index in [1.807, 2.05) is 34.1 Å². The van der Waals surface area contributed by atoms with Crippen molar-refractivity contribution in [2.75, 3.05) is 53.1 Å². The first-order chi connectivity index (χ1) is 16.5. The lowest BCUT2D eigenvalue weighted by molar-refractivity contribution is -0.139. The number of carbonyl (C=O) groups excluding carboxylic acids is 2. The molecule has 0 saturated carbocycles. The highest BCUT2D eigenvalue weighted by atomic mass is 35.5. The van der Waals surface area contributed by atoms with Crippen molar-refractivity contribution in [1.82, 2.24) is 9.80 Å². The number of hydrogen-bond acceptors (Lipinski definition) is 5. The Bertz CT molecular complexity index is 993. The van der Waals surface area contributed by atoms with Gasteiger partial charge in [0.2, 0.25) is 5.91 Å². The van der Waals surface area contributed by atoms with Crippen molar-refractivity contribution in [2.24, 2.45) is 5.41 Å². The number of rotatable bonds is 7. The molecule has 0 radical (unpaired) electrons. The monoisotopic (exact) mass is 486 g/mol. The summed E-state index contributed by atoms with van der Waals surface area (Å²) in [6, 6.07) is 14.4. The molecule has 1 atom stereocenters. The van der Waals surface area contributed by atoms with Crippen molar-refractivity contribution in [1.29, 1.82) is 0 Å². The lowest BCUT2D eigenvalue weighted by atomic mass is 9.77. The van der Waals surface area contributed by atoms with Gasteiger partial charge in [-0.2, -0.15) is 0 Å². The van der Waals surface area contributed by atoms with E-state index in [0.29, 0.717) is 74.5 Å². The number of piperidine rings is 1. The van der Waals surface area contributed by atoms with Gasteiger partial charge >= 0.3 is 0 Å². The van der Waals surface area contributed by atoms with Gasteiger partial charge in [-0.3, -0.25) is 9.59 Å². The Morgan fingerprint density at radius 1 is 1.03 bits per heavy atom. The Kier molecular flexibility index (Phi) is 7.95. The van der Waals surface area contributed by atoms with Crippen LogP contribution in [-0.2, 0) is 9.53 Å². The van der Waals surface area contributed by atoms with Gasteiger partial charge in [0.05, 0.1) is 32.5 Å². The van der Waals surface area contributed by atoms with E-state index in [2.05, 4.69) is 0 Å². The fraction of sp³-hybridized carbons (Fsp3) is 0.462. The fourth-order valence-corrected chi connectivity index (χ4v) is 4.82. The molecular formula is C26H31ClN2O5. The second-order valence-corrected chi connectivity index (χ2v) is 9.38. The van der Waals surface area contributed by atoms with Gasteiger partial charge in [0.1, 0.15) is 11.5 Å². The van der Waals surface area contributed by atoms with Gasteiger partial charge in [0, 0.05) is 43.0 Å². The highest BCUT2D eigenvalue weighted by molar-refractivity contribution is 6.30. The van der Waals surface area contributed by atoms with Crippen LogP contribution >= 0.6 is 11.6 Å². The molecule has 1 unspecified atom stereocenters.